The number of hydrazine groups is 1. The quantitative estimate of drug-likeness (QED) is 0.705. The predicted molar refractivity (Wildman–Crippen MR) is 55.6 cm³/mol. The van der Waals surface area contributed by atoms with Crippen LogP contribution in [0.2, 0.25) is 0 Å². The first-order valence-electron chi connectivity index (χ1n) is 4.88. The number of rotatable bonds is 1. The van der Waals surface area contributed by atoms with E-state index in [0.29, 0.717) is 12.1 Å². The van der Waals surface area contributed by atoms with Crippen molar-refractivity contribution in [1.82, 2.24) is 5.43 Å². The van der Waals surface area contributed by atoms with Crippen LogP contribution in [0.25, 0.3) is 0 Å². The van der Waals surface area contributed by atoms with E-state index in [1.165, 1.54) is 12.1 Å². The molecule has 2 heteroatoms. The molecule has 0 aliphatic carbocycles. The Morgan fingerprint density at radius 1 is 1.23 bits per heavy atom. The Morgan fingerprint density at radius 3 is 2.46 bits per heavy atom. The summed E-state index contributed by atoms with van der Waals surface area (Å²) >= 11 is 0. The predicted octanol–water partition coefficient (Wildman–Crippen LogP) is 2.18. The van der Waals surface area contributed by atoms with Crippen LogP contribution in [-0.4, -0.2) is 12.1 Å². The number of para-hydroxylation sites is 1. The van der Waals surface area contributed by atoms with E-state index >= 15 is 0 Å². The van der Waals surface area contributed by atoms with E-state index in [-0.39, 0.29) is 0 Å². The Kier molecular flexibility index (Phi) is 2.23. The zero-order chi connectivity index (χ0) is 9.26. The van der Waals surface area contributed by atoms with Gasteiger partial charge in [0.15, 0.2) is 0 Å². The average Bonchev–Trinajstić information content (AvgIpc) is 2.47. The fraction of sp³-hybridized carbons (Fsp3) is 0.455. The molecule has 2 rings (SSSR count). The molecule has 2 nitrogen and oxygen atoms in total. The average molecular weight is 176 g/mol. The SMILES string of the molecule is CC1CC(C)N(c2ccccc2)N1. The van der Waals surface area contributed by atoms with Gasteiger partial charge in [-0.05, 0) is 32.4 Å². The number of hydrogen-bond acceptors (Lipinski definition) is 2. The molecule has 1 fully saturated rings. The highest BCUT2D eigenvalue weighted by atomic mass is 15.6. The van der Waals surface area contributed by atoms with Crippen molar-refractivity contribution in [3.8, 4) is 0 Å². The highest BCUT2D eigenvalue weighted by molar-refractivity contribution is 5.46. The van der Waals surface area contributed by atoms with Gasteiger partial charge in [0.1, 0.15) is 0 Å². The zero-order valence-corrected chi connectivity index (χ0v) is 8.20. The minimum Gasteiger partial charge on any atom is -0.305 e. The summed E-state index contributed by atoms with van der Waals surface area (Å²) in [5, 5.41) is 2.25. The van der Waals surface area contributed by atoms with Crippen LogP contribution in [0.3, 0.4) is 0 Å². The van der Waals surface area contributed by atoms with Crippen molar-refractivity contribution < 1.29 is 0 Å². The molecule has 0 bridgehead atoms. The minimum atomic E-state index is 0.593. The topological polar surface area (TPSA) is 15.3 Å². The molecule has 1 aromatic carbocycles. The van der Waals surface area contributed by atoms with Gasteiger partial charge in [-0.15, -0.1) is 0 Å². The normalized spacial score (nSPS) is 28.0. The third kappa shape index (κ3) is 1.68. The lowest BCUT2D eigenvalue weighted by atomic mass is 10.2. The molecule has 2 atom stereocenters. The minimum absolute atomic E-state index is 0.593. The molecule has 1 aliphatic heterocycles. The van der Waals surface area contributed by atoms with Gasteiger partial charge in [0.2, 0.25) is 0 Å². The van der Waals surface area contributed by atoms with E-state index in [9.17, 15) is 0 Å². The molecule has 0 amide bonds. The van der Waals surface area contributed by atoms with Gasteiger partial charge in [-0.25, -0.2) is 5.43 Å². The van der Waals surface area contributed by atoms with Crippen LogP contribution in [0.1, 0.15) is 20.3 Å². The molecular formula is C11H16N2. The van der Waals surface area contributed by atoms with Crippen molar-refractivity contribution in [3.05, 3.63) is 30.3 Å². The largest absolute Gasteiger partial charge is 0.305 e. The Balaban J connectivity index is 2.18. The summed E-state index contributed by atoms with van der Waals surface area (Å²) in [6.07, 6.45) is 1.22. The smallest absolute Gasteiger partial charge is 0.0522 e. The van der Waals surface area contributed by atoms with Gasteiger partial charge in [0.05, 0.1) is 5.69 Å². The molecule has 1 aliphatic rings. The van der Waals surface area contributed by atoms with Gasteiger partial charge in [0.25, 0.3) is 0 Å². The van der Waals surface area contributed by atoms with Gasteiger partial charge < -0.3 is 5.01 Å². The summed E-state index contributed by atoms with van der Waals surface area (Å²) in [4.78, 5) is 0. The highest BCUT2D eigenvalue weighted by Gasteiger charge is 2.25. The number of nitrogens with one attached hydrogen (secondary N) is 1. The highest BCUT2D eigenvalue weighted by Crippen LogP contribution is 2.21. The van der Waals surface area contributed by atoms with E-state index in [2.05, 4.69) is 48.5 Å². The number of anilines is 1. The molecule has 0 aromatic heterocycles. The van der Waals surface area contributed by atoms with Crippen molar-refractivity contribution in [2.45, 2.75) is 32.4 Å². The number of hydrogen-bond donors (Lipinski definition) is 1. The first kappa shape index (κ1) is 8.57. The van der Waals surface area contributed by atoms with E-state index in [1.54, 1.807) is 0 Å². The third-order valence-electron chi connectivity index (χ3n) is 2.53. The van der Waals surface area contributed by atoms with Crippen molar-refractivity contribution in [1.29, 1.82) is 0 Å². The van der Waals surface area contributed by atoms with Crippen molar-refractivity contribution in [2.75, 3.05) is 5.01 Å². The van der Waals surface area contributed by atoms with Crippen molar-refractivity contribution in [2.24, 2.45) is 0 Å². The summed E-state index contributed by atoms with van der Waals surface area (Å²) in [5.41, 5.74) is 4.72. The molecule has 0 spiro atoms. The Hall–Kier alpha value is -1.02. The fourth-order valence-corrected chi connectivity index (χ4v) is 1.95. The fourth-order valence-electron chi connectivity index (χ4n) is 1.95. The van der Waals surface area contributed by atoms with Gasteiger partial charge >= 0.3 is 0 Å². The van der Waals surface area contributed by atoms with Gasteiger partial charge in [-0.2, -0.15) is 0 Å². The van der Waals surface area contributed by atoms with Crippen molar-refractivity contribution in [3.63, 3.8) is 0 Å². The second-order valence-corrected chi connectivity index (χ2v) is 3.82. The molecular weight excluding hydrogens is 160 g/mol. The number of nitrogens with zero attached hydrogens (tertiary/aromatic N) is 1. The molecule has 1 saturated heterocycles. The molecule has 0 saturated carbocycles. The number of benzene rings is 1. The maximum absolute atomic E-state index is 3.45. The van der Waals surface area contributed by atoms with E-state index in [4.69, 9.17) is 0 Å². The van der Waals surface area contributed by atoms with Crippen LogP contribution < -0.4 is 10.4 Å². The Labute approximate surface area is 79.5 Å². The van der Waals surface area contributed by atoms with Crippen LogP contribution in [0.15, 0.2) is 30.3 Å². The monoisotopic (exact) mass is 176 g/mol. The van der Waals surface area contributed by atoms with Gasteiger partial charge in [-0.3, -0.25) is 0 Å². The molecule has 70 valence electrons. The van der Waals surface area contributed by atoms with Crippen molar-refractivity contribution >= 4 is 5.69 Å². The summed E-state index contributed by atoms with van der Waals surface area (Å²) in [5.74, 6) is 0. The molecule has 1 aromatic rings. The second kappa shape index (κ2) is 3.38. The van der Waals surface area contributed by atoms with Crippen LogP contribution in [0, 0.1) is 0 Å². The second-order valence-electron chi connectivity index (χ2n) is 3.82. The Morgan fingerprint density at radius 2 is 1.92 bits per heavy atom. The summed E-state index contributed by atoms with van der Waals surface area (Å²) < 4.78 is 0. The first-order valence-corrected chi connectivity index (χ1v) is 4.88. The first-order chi connectivity index (χ1) is 6.27. The van der Waals surface area contributed by atoms with Gasteiger partial charge in [0, 0.05) is 12.1 Å². The maximum atomic E-state index is 3.45. The molecule has 13 heavy (non-hydrogen) atoms. The van der Waals surface area contributed by atoms with Crippen LogP contribution in [-0.2, 0) is 0 Å². The lowest BCUT2D eigenvalue weighted by Gasteiger charge is -2.23. The van der Waals surface area contributed by atoms with Crippen LogP contribution >= 0.6 is 0 Å². The van der Waals surface area contributed by atoms with Crippen LogP contribution in [0.4, 0.5) is 5.69 Å². The maximum Gasteiger partial charge on any atom is 0.0522 e. The summed E-state index contributed by atoms with van der Waals surface area (Å²) in [7, 11) is 0. The van der Waals surface area contributed by atoms with Gasteiger partial charge in [-0.1, -0.05) is 18.2 Å². The van der Waals surface area contributed by atoms with E-state index in [1.807, 2.05) is 6.07 Å². The lowest BCUT2D eigenvalue weighted by molar-refractivity contribution is 0.642. The standard InChI is InChI=1S/C11H16N2/c1-9-8-10(2)13(12-9)11-6-4-3-5-7-11/h3-7,9-10,12H,8H2,1-2H3. The van der Waals surface area contributed by atoms with E-state index in [0.717, 1.165) is 0 Å². The summed E-state index contributed by atoms with van der Waals surface area (Å²) in [6.45, 7) is 4.48. The van der Waals surface area contributed by atoms with E-state index < -0.39 is 0 Å². The summed E-state index contributed by atoms with van der Waals surface area (Å²) in [6, 6.07) is 11.7. The molecule has 0 radical (unpaired) electrons. The zero-order valence-electron chi connectivity index (χ0n) is 8.20. The Bertz CT molecular complexity index is 271. The molecule has 1 N–H and O–H groups in total. The lowest BCUT2D eigenvalue weighted by Crippen LogP contribution is -2.37. The van der Waals surface area contributed by atoms with Crippen LogP contribution in [0.5, 0.6) is 0 Å². The molecule has 1 heterocycles. The molecule has 2 unspecified atom stereocenters. The third-order valence-corrected chi connectivity index (χ3v) is 2.53.